The molecule has 0 spiro atoms. The number of ether oxygens (including phenoxy) is 3. The number of rotatable bonds is 3. The van der Waals surface area contributed by atoms with Gasteiger partial charge in [0.1, 0.15) is 5.75 Å². The van der Waals surface area contributed by atoms with Gasteiger partial charge in [-0.1, -0.05) is 12.1 Å². The van der Waals surface area contributed by atoms with E-state index in [0.29, 0.717) is 27.7 Å². The molecule has 8 nitrogen and oxygen atoms in total. The normalized spacial score (nSPS) is 12.0. The molecule has 26 heavy (non-hydrogen) atoms. The molecule has 1 heterocycles. The second-order valence-electron chi connectivity index (χ2n) is 5.42. The average molecular weight is 380 g/mol. The maximum Gasteiger partial charge on any atom is 0.336 e. The van der Waals surface area contributed by atoms with E-state index in [2.05, 4.69) is 0 Å². The number of methoxy groups -OCH3 is 1. The number of nitro benzene ring substituents is 1. The summed E-state index contributed by atoms with van der Waals surface area (Å²) >= 11 is 0. The summed E-state index contributed by atoms with van der Waals surface area (Å²) in [7, 11) is 1.46. The first-order valence-corrected chi connectivity index (χ1v) is 7.26. The van der Waals surface area contributed by atoms with Crippen molar-refractivity contribution in [3.63, 3.8) is 0 Å². The Hall–Kier alpha value is -1.91. The molecule has 1 N–H and O–H groups in total. The fourth-order valence-corrected chi connectivity index (χ4v) is 3.18. The molecule has 0 atom stereocenters. The van der Waals surface area contributed by atoms with Gasteiger partial charge in [0.15, 0.2) is 11.5 Å². The zero-order chi connectivity index (χ0) is 17.7. The smallest absolute Gasteiger partial charge is 0.336 e. The number of hydrogen-bond acceptors (Lipinski definition) is 6. The van der Waals surface area contributed by atoms with E-state index in [0.717, 1.165) is 0 Å². The van der Waals surface area contributed by atoms with Gasteiger partial charge in [-0.25, -0.2) is 4.79 Å². The molecule has 0 saturated carbocycles. The van der Waals surface area contributed by atoms with Crippen LogP contribution in [-0.4, -0.2) is 81.3 Å². The number of fused-ring (bicyclic) bond motifs is 5. The molecule has 0 aromatic heterocycles. The first-order chi connectivity index (χ1) is 12.0. The van der Waals surface area contributed by atoms with E-state index < -0.39 is 10.9 Å². The van der Waals surface area contributed by atoms with Gasteiger partial charge >= 0.3 is 5.97 Å². The minimum atomic E-state index is -1.28. The molecule has 0 unspecified atom stereocenters. The summed E-state index contributed by atoms with van der Waals surface area (Å²) in [6.07, 6.45) is 0. The maximum atomic E-state index is 11.7. The van der Waals surface area contributed by atoms with Crippen molar-refractivity contribution in [2.24, 2.45) is 0 Å². The predicted molar refractivity (Wildman–Crippen MR) is 93.5 cm³/mol. The summed E-state index contributed by atoms with van der Waals surface area (Å²) in [5.41, 5.74) is -0.543. The molecule has 0 fully saturated rings. The summed E-state index contributed by atoms with van der Waals surface area (Å²) in [5.74, 6) is -0.305. The molecule has 1 radical (unpaired) electrons. The van der Waals surface area contributed by atoms with Crippen LogP contribution in [0.4, 0.5) is 5.69 Å². The van der Waals surface area contributed by atoms with Crippen LogP contribution >= 0.6 is 0 Å². The van der Waals surface area contributed by atoms with Crippen LogP contribution in [0.2, 0.25) is 0 Å². The fraction of sp³-hybridized carbons (Fsp3) is 0.118. The van der Waals surface area contributed by atoms with Crippen LogP contribution in [0, 0.1) is 10.1 Å². The number of aromatic carboxylic acids is 1. The number of carboxylic acid groups (broad SMARTS) is 1. The van der Waals surface area contributed by atoms with Crippen molar-refractivity contribution in [1.29, 1.82) is 0 Å². The topological polar surface area (TPSA) is 108 Å². The Morgan fingerprint density at radius 2 is 2.00 bits per heavy atom. The number of carbonyl (C=O) groups is 1. The van der Waals surface area contributed by atoms with Crippen molar-refractivity contribution < 1.29 is 29.0 Å². The van der Waals surface area contributed by atoms with E-state index in [9.17, 15) is 20.0 Å². The number of hydrogen-bond donors (Lipinski definition) is 1. The van der Waals surface area contributed by atoms with Gasteiger partial charge in [-0.15, -0.1) is 0 Å². The SMILES string of the molecule is COc1cccc2c1cc([N+](=O)[O-])c1c(C(=O)O)cc3c(c12)OCO3.[K]. The van der Waals surface area contributed by atoms with Crippen LogP contribution in [0.3, 0.4) is 0 Å². The molecule has 0 saturated heterocycles. The standard InChI is InChI=1S/C17H11NO7.K/c1-23-12-4-2-3-8-9(12)5-11(18(21)22)14-10(17(19)20)6-13-16(15(8)14)25-7-24-13;/h2-6H,7H2,1H3,(H,19,20);. The Bertz CT molecular complexity index is 1080. The van der Waals surface area contributed by atoms with E-state index >= 15 is 0 Å². The van der Waals surface area contributed by atoms with E-state index in [-0.39, 0.29) is 80.6 Å². The second-order valence-corrected chi connectivity index (χ2v) is 5.42. The Morgan fingerprint density at radius 3 is 2.65 bits per heavy atom. The van der Waals surface area contributed by atoms with Crippen molar-refractivity contribution >= 4 is 84.6 Å². The van der Waals surface area contributed by atoms with E-state index in [1.165, 1.54) is 19.2 Å². The molecule has 0 bridgehead atoms. The first-order valence-electron chi connectivity index (χ1n) is 7.26. The number of non-ortho nitro benzene ring substituents is 1. The number of carboxylic acids is 1. The third kappa shape index (κ3) is 2.72. The Labute approximate surface area is 189 Å². The molecule has 1 aliphatic rings. The molecule has 4 rings (SSSR count). The van der Waals surface area contributed by atoms with Crippen molar-refractivity contribution in [3.8, 4) is 17.2 Å². The molecular formula is C17H11KNO7. The molecule has 9 heteroatoms. The summed E-state index contributed by atoms with van der Waals surface area (Å²) in [4.78, 5) is 22.7. The Balaban J connectivity index is 0.00000196. The predicted octanol–water partition coefficient (Wildman–Crippen LogP) is 2.96. The molecule has 3 aromatic rings. The summed E-state index contributed by atoms with van der Waals surface area (Å²) < 4.78 is 16.1. The van der Waals surface area contributed by atoms with Gasteiger partial charge in [-0.2, -0.15) is 0 Å². The van der Waals surface area contributed by atoms with Crippen LogP contribution in [0.1, 0.15) is 10.4 Å². The third-order valence-corrected chi connectivity index (χ3v) is 4.18. The van der Waals surface area contributed by atoms with Gasteiger partial charge in [0.05, 0.1) is 23.0 Å². The molecule has 3 aromatic carbocycles. The van der Waals surface area contributed by atoms with Crippen LogP contribution in [-0.2, 0) is 0 Å². The molecule has 127 valence electrons. The van der Waals surface area contributed by atoms with Crippen molar-refractivity contribution in [3.05, 3.63) is 46.0 Å². The molecular weight excluding hydrogens is 369 g/mol. The van der Waals surface area contributed by atoms with Gasteiger partial charge in [-0.3, -0.25) is 10.1 Å². The summed E-state index contributed by atoms with van der Waals surface area (Å²) in [6, 6.07) is 7.72. The van der Waals surface area contributed by atoms with Gasteiger partial charge in [0.2, 0.25) is 6.79 Å². The summed E-state index contributed by atoms with van der Waals surface area (Å²) in [5, 5.41) is 22.6. The van der Waals surface area contributed by atoms with Crippen molar-refractivity contribution in [2.75, 3.05) is 13.9 Å². The minimum absolute atomic E-state index is 0. The third-order valence-electron chi connectivity index (χ3n) is 4.18. The van der Waals surface area contributed by atoms with E-state index in [4.69, 9.17) is 14.2 Å². The molecule has 1 aliphatic heterocycles. The van der Waals surface area contributed by atoms with Gasteiger partial charge < -0.3 is 19.3 Å². The average Bonchev–Trinajstić information content (AvgIpc) is 3.07. The largest absolute Gasteiger partial charge is 0.496 e. The quantitative estimate of drug-likeness (QED) is 0.322. The molecule has 0 amide bonds. The van der Waals surface area contributed by atoms with Gasteiger partial charge in [0.25, 0.3) is 5.69 Å². The van der Waals surface area contributed by atoms with Crippen LogP contribution in [0.5, 0.6) is 17.2 Å². The fourth-order valence-electron chi connectivity index (χ4n) is 3.18. The Kier molecular flexibility index (Phi) is 5.09. The number of nitrogens with zero attached hydrogens (tertiary/aromatic N) is 1. The van der Waals surface area contributed by atoms with Crippen molar-refractivity contribution in [1.82, 2.24) is 0 Å². The molecule has 0 aliphatic carbocycles. The van der Waals surface area contributed by atoms with E-state index in [1.54, 1.807) is 18.2 Å². The number of nitro groups is 1. The van der Waals surface area contributed by atoms with Gasteiger partial charge in [-0.05, 0) is 17.5 Å². The summed E-state index contributed by atoms with van der Waals surface area (Å²) in [6.45, 7) is -0.0817. The minimum Gasteiger partial charge on any atom is -0.496 e. The van der Waals surface area contributed by atoms with Gasteiger partial charge in [0, 0.05) is 68.2 Å². The first kappa shape index (κ1) is 18.9. The monoisotopic (exact) mass is 380 g/mol. The Morgan fingerprint density at radius 1 is 1.23 bits per heavy atom. The van der Waals surface area contributed by atoms with Crippen molar-refractivity contribution in [2.45, 2.75) is 0 Å². The zero-order valence-corrected chi connectivity index (χ0v) is 17.1. The van der Waals surface area contributed by atoms with Crippen LogP contribution in [0.25, 0.3) is 21.5 Å². The maximum absolute atomic E-state index is 11.7. The number of benzene rings is 3. The van der Waals surface area contributed by atoms with Crippen LogP contribution in [0.15, 0.2) is 30.3 Å². The zero-order valence-electron chi connectivity index (χ0n) is 13.9. The van der Waals surface area contributed by atoms with E-state index in [1.807, 2.05) is 0 Å². The second kappa shape index (κ2) is 7.01. The van der Waals surface area contributed by atoms with Crippen LogP contribution < -0.4 is 14.2 Å².